The number of hydrogen-bond donors (Lipinski definition) is 0. The highest BCUT2D eigenvalue weighted by atomic mass is 35.5. The van der Waals surface area contributed by atoms with Gasteiger partial charge in [-0.25, -0.2) is 0 Å². The summed E-state index contributed by atoms with van der Waals surface area (Å²) in [5.41, 5.74) is 2.60. The Bertz CT molecular complexity index is 1500. The zero-order valence-corrected chi connectivity index (χ0v) is 17.9. The number of rotatable bonds is 3. The Hall–Kier alpha value is -2.93. The molecule has 0 bridgehead atoms. The lowest BCUT2D eigenvalue weighted by molar-refractivity contribution is 0.571. The molecule has 0 atom stereocenters. The fourth-order valence-electron chi connectivity index (χ4n) is 3.02. The molecule has 3 heterocycles. The third kappa shape index (κ3) is 3.43. The van der Waals surface area contributed by atoms with Crippen LogP contribution < -0.4 is 10.1 Å². The maximum Gasteiger partial charge on any atom is 0.291 e. The molecule has 5 rings (SSSR count). The van der Waals surface area contributed by atoms with Crippen molar-refractivity contribution < 1.29 is 4.42 Å². The molecule has 0 saturated heterocycles. The standard InChI is InChI=1S/C22H13Cl2N3O2S/c1-12-2-4-13(5-3-12)20-25-22-27(26-20)21(28)19(30-22)11-15-7-9-18(29-15)14-6-8-16(23)17(24)10-14/h2-11H,1H3/b19-11-. The number of thiazole rings is 1. The molecule has 5 nitrogen and oxygen atoms in total. The van der Waals surface area contributed by atoms with Gasteiger partial charge < -0.3 is 4.42 Å². The van der Waals surface area contributed by atoms with E-state index < -0.39 is 0 Å². The summed E-state index contributed by atoms with van der Waals surface area (Å²) in [7, 11) is 0. The number of fused-ring (bicyclic) bond motifs is 1. The van der Waals surface area contributed by atoms with Gasteiger partial charge in [0.25, 0.3) is 5.56 Å². The number of nitrogens with zero attached hydrogens (tertiary/aromatic N) is 3. The lowest BCUT2D eigenvalue weighted by Crippen LogP contribution is -2.23. The summed E-state index contributed by atoms with van der Waals surface area (Å²) in [6, 6.07) is 16.8. The number of aromatic nitrogens is 3. The van der Waals surface area contributed by atoms with E-state index in [0.29, 0.717) is 36.9 Å². The fraction of sp³-hybridized carbons (Fsp3) is 0.0455. The van der Waals surface area contributed by atoms with E-state index in [1.165, 1.54) is 15.9 Å². The van der Waals surface area contributed by atoms with Crippen LogP contribution in [0.4, 0.5) is 0 Å². The molecule has 0 unspecified atom stereocenters. The van der Waals surface area contributed by atoms with Crippen molar-refractivity contribution in [1.29, 1.82) is 0 Å². The van der Waals surface area contributed by atoms with Crippen LogP contribution in [0.5, 0.6) is 0 Å². The molecule has 0 N–H and O–H groups in total. The third-order valence-electron chi connectivity index (χ3n) is 4.60. The van der Waals surface area contributed by atoms with Crippen LogP contribution in [0.1, 0.15) is 11.3 Å². The predicted octanol–water partition coefficient (Wildman–Crippen LogP) is 5.24. The first kappa shape index (κ1) is 19.1. The topological polar surface area (TPSA) is 60.4 Å². The van der Waals surface area contributed by atoms with Crippen molar-refractivity contribution in [3.05, 3.63) is 90.9 Å². The van der Waals surface area contributed by atoms with Crippen molar-refractivity contribution in [2.24, 2.45) is 0 Å². The zero-order valence-electron chi connectivity index (χ0n) is 15.6. The van der Waals surface area contributed by atoms with E-state index in [1.54, 1.807) is 24.3 Å². The van der Waals surface area contributed by atoms with Crippen LogP contribution in [0.2, 0.25) is 10.0 Å². The van der Waals surface area contributed by atoms with Crippen molar-refractivity contribution in [2.45, 2.75) is 6.92 Å². The highest BCUT2D eigenvalue weighted by Gasteiger charge is 2.13. The minimum atomic E-state index is -0.228. The molecule has 8 heteroatoms. The zero-order chi connectivity index (χ0) is 20.8. The van der Waals surface area contributed by atoms with Crippen molar-refractivity contribution in [3.63, 3.8) is 0 Å². The molecule has 30 heavy (non-hydrogen) atoms. The molecule has 0 amide bonds. The summed E-state index contributed by atoms with van der Waals surface area (Å²) in [6.07, 6.45) is 1.69. The van der Waals surface area contributed by atoms with Gasteiger partial charge in [0.2, 0.25) is 4.96 Å². The van der Waals surface area contributed by atoms with E-state index in [0.717, 1.165) is 16.7 Å². The van der Waals surface area contributed by atoms with Gasteiger partial charge in [-0.2, -0.15) is 9.50 Å². The highest BCUT2D eigenvalue weighted by Crippen LogP contribution is 2.29. The first-order chi connectivity index (χ1) is 14.5. The summed E-state index contributed by atoms with van der Waals surface area (Å²) in [4.78, 5) is 17.8. The van der Waals surface area contributed by atoms with Crippen LogP contribution in [0.25, 0.3) is 33.7 Å². The maximum absolute atomic E-state index is 12.8. The van der Waals surface area contributed by atoms with Crippen LogP contribution in [0.15, 0.2) is 63.8 Å². The lowest BCUT2D eigenvalue weighted by Gasteiger charge is -1.99. The van der Waals surface area contributed by atoms with Gasteiger partial charge in [0.1, 0.15) is 16.1 Å². The van der Waals surface area contributed by atoms with Crippen LogP contribution in [0, 0.1) is 6.92 Å². The van der Waals surface area contributed by atoms with E-state index in [1.807, 2.05) is 43.3 Å². The van der Waals surface area contributed by atoms with Crippen LogP contribution in [0.3, 0.4) is 0 Å². The first-order valence-electron chi connectivity index (χ1n) is 9.01. The molecule has 0 radical (unpaired) electrons. The Morgan fingerprint density at radius 1 is 1.00 bits per heavy atom. The number of aryl methyl sites for hydroxylation is 1. The van der Waals surface area contributed by atoms with Crippen molar-refractivity contribution in [1.82, 2.24) is 14.6 Å². The Morgan fingerprint density at radius 2 is 1.77 bits per heavy atom. The van der Waals surface area contributed by atoms with E-state index in [2.05, 4.69) is 10.1 Å². The van der Waals surface area contributed by atoms with Crippen molar-refractivity contribution in [2.75, 3.05) is 0 Å². The van der Waals surface area contributed by atoms with E-state index in [4.69, 9.17) is 27.6 Å². The summed E-state index contributed by atoms with van der Waals surface area (Å²) in [6.45, 7) is 2.02. The molecule has 0 aliphatic carbocycles. The highest BCUT2D eigenvalue weighted by molar-refractivity contribution is 7.15. The van der Waals surface area contributed by atoms with Gasteiger partial charge in [-0.1, -0.05) is 64.4 Å². The average molecular weight is 454 g/mol. The van der Waals surface area contributed by atoms with Crippen LogP contribution >= 0.6 is 34.5 Å². The Balaban J connectivity index is 1.50. The minimum Gasteiger partial charge on any atom is -0.457 e. The van der Waals surface area contributed by atoms with Gasteiger partial charge in [-0.3, -0.25) is 4.79 Å². The molecule has 2 aromatic carbocycles. The average Bonchev–Trinajstić information content (AvgIpc) is 3.43. The number of furan rings is 1. The molecule has 0 spiro atoms. The number of hydrogen-bond acceptors (Lipinski definition) is 5. The van der Waals surface area contributed by atoms with E-state index >= 15 is 0 Å². The van der Waals surface area contributed by atoms with Crippen molar-refractivity contribution in [3.8, 4) is 22.7 Å². The lowest BCUT2D eigenvalue weighted by atomic mass is 10.1. The maximum atomic E-state index is 12.8. The summed E-state index contributed by atoms with van der Waals surface area (Å²) >= 11 is 13.3. The number of halogens is 2. The predicted molar refractivity (Wildman–Crippen MR) is 120 cm³/mol. The van der Waals surface area contributed by atoms with Gasteiger partial charge in [-0.05, 0) is 37.3 Å². The van der Waals surface area contributed by atoms with E-state index in [-0.39, 0.29) is 5.56 Å². The minimum absolute atomic E-state index is 0.228. The smallest absolute Gasteiger partial charge is 0.291 e. The van der Waals surface area contributed by atoms with Gasteiger partial charge >= 0.3 is 0 Å². The molecule has 148 valence electrons. The molecule has 5 aromatic rings. The third-order valence-corrected chi connectivity index (χ3v) is 6.29. The fourth-order valence-corrected chi connectivity index (χ4v) is 4.21. The molecule has 0 saturated carbocycles. The van der Waals surface area contributed by atoms with Crippen LogP contribution in [-0.4, -0.2) is 14.6 Å². The van der Waals surface area contributed by atoms with Gasteiger partial charge in [0.05, 0.1) is 10.0 Å². The Labute approximate surface area is 184 Å². The molecule has 0 fully saturated rings. The van der Waals surface area contributed by atoms with Gasteiger partial charge in [0.15, 0.2) is 5.82 Å². The summed E-state index contributed by atoms with van der Waals surface area (Å²) in [5.74, 6) is 1.72. The first-order valence-corrected chi connectivity index (χ1v) is 10.6. The SMILES string of the molecule is Cc1ccc(-c2nc3s/c(=C\c4ccc(-c5ccc(Cl)c(Cl)c5)o4)c(=O)n3n2)cc1. The van der Waals surface area contributed by atoms with Crippen molar-refractivity contribution >= 4 is 45.6 Å². The normalized spacial score (nSPS) is 12.2. The Kier molecular flexibility index (Phi) is 4.70. The molecule has 0 aliphatic rings. The van der Waals surface area contributed by atoms with Gasteiger partial charge in [-0.15, -0.1) is 5.10 Å². The molecule has 3 aromatic heterocycles. The quantitative estimate of drug-likeness (QED) is 0.374. The monoisotopic (exact) mass is 453 g/mol. The largest absolute Gasteiger partial charge is 0.457 e. The molecular formula is C22H13Cl2N3O2S. The Morgan fingerprint density at radius 3 is 2.50 bits per heavy atom. The summed E-state index contributed by atoms with van der Waals surface area (Å²) in [5, 5.41) is 5.30. The second-order valence-corrected chi connectivity index (χ2v) is 8.57. The second kappa shape index (κ2) is 7.40. The van der Waals surface area contributed by atoms with Gasteiger partial charge in [0, 0.05) is 17.2 Å². The number of benzene rings is 2. The van der Waals surface area contributed by atoms with E-state index in [9.17, 15) is 4.79 Å². The molecule has 0 aliphatic heterocycles. The molecular weight excluding hydrogens is 441 g/mol. The van der Waals surface area contributed by atoms with Crippen LogP contribution in [-0.2, 0) is 0 Å². The second-order valence-electron chi connectivity index (χ2n) is 6.74. The summed E-state index contributed by atoms with van der Waals surface area (Å²) < 4.78 is 7.68.